The second-order valence-electron chi connectivity index (χ2n) is 4.89. The molecule has 0 saturated carbocycles. The van der Waals surface area contributed by atoms with Crippen LogP contribution >= 0.6 is 0 Å². The Kier molecular flexibility index (Phi) is 3.88. The van der Waals surface area contributed by atoms with E-state index in [-0.39, 0.29) is 17.8 Å². The Morgan fingerprint density at radius 3 is 2.79 bits per heavy atom. The fourth-order valence-electron chi connectivity index (χ4n) is 2.25. The van der Waals surface area contributed by atoms with Crippen molar-refractivity contribution in [3.63, 3.8) is 0 Å². The SMILES string of the molecule is CCC(=O)N(C)C(C)Cc1ccn2ccc(F)cc12. The van der Waals surface area contributed by atoms with Crippen LogP contribution in [0.1, 0.15) is 25.8 Å². The van der Waals surface area contributed by atoms with E-state index in [1.165, 1.54) is 12.1 Å². The first kappa shape index (κ1) is 13.6. The molecule has 2 rings (SSSR count). The van der Waals surface area contributed by atoms with E-state index >= 15 is 0 Å². The predicted octanol–water partition coefficient (Wildman–Crippen LogP) is 2.88. The van der Waals surface area contributed by atoms with Crippen LogP contribution in [0.25, 0.3) is 5.52 Å². The van der Waals surface area contributed by atoms with Crippen LogP contribution in [-0.2, 0) is 11.2 Å². The number of likely N-dealkylation sites (N-methyl/N-ethyl adjacent to an activating group) is 1. The maximum atomic E-state index is 13.3. The molecule has 0 saturated heterocycles. The molecule has 0 aliphatic heterocycles. The van der Waals surface area contributed by atoms with Crippen LogP contribution < -0.4 is 0 Å². The number of aromatic nitrogens is 1. The Bertz CT molecular complexity index is 591. The summed E-state index contributed by atoms with van der Waals surface area (Å²) in [6, 6.07) is 5.05. The molecule has 2 heterocycles. The lowest BCUT2D eigenvalue weighted by molar-refractivity contribution is -0.131. The molecule has 19 heavy (non-hydrogen) atoms. The number of carbonyl (C=O) groups excluding carboxylic acids is 1. The molecule has 0 spiro atoms. The highest BCUT2D eigenvalue weighted by atomic mass is 19.1. The van der Waals surface area contributed by atoms with Crippen LogP contribution in [0.3, 0.4) is 0 Å². The monoisotopic (exact) mass is 262 g/mol. The molecule has 1 atom stereocenters. The molecule has 3 nitrogen and oxygen atoms in total. The quantitative estimate of drug-likeness (QED) is 0.831. The van der Waals surface area contributed by atoms with E-state index in [9.17, 15) is 9.18 Å². The third-order valence-electron chi connectivity index (χ3n) is 3.58. The van der Waals surface area contributed by atoms with Gasteiger partial charge >= 0.3 is 0 Å². The van der Waals surface area contributed by atoms with Crippen LogP contribution in [0, 0.1) is 5.82 Å². The topological polar surface area (TPSA) is 24.7 Å². The summed E-state index contributed by atoms with van der Waals surface area (Å²) in [6.45, 7) is 3.87. The molecular formula is C15H19FN2O. The molecule has 2 aromatic heterocycles. The smallest absolute Gasteiger partial charge is 0.222 e. The summed E-state index contributed by atoms with van der Waals surface area (Å²) >= 11 is 0. The highest BCUT2D eigenvalue weighted by Gasteiger charge is 2.16. The number of pyridine rings is 1. The molecule has 1 unspecified atom stereocenters. The Morgan fingerprint density at radius 1 is 1.42 bits per heavy atom. The molecule has 2 aromatic rings. The van der Waals surface area contributed by atoms with Gasteiger partial charge in [0.15, 0.2) is 0 Å². The average molecular weight is 262 g/mol. The van der Waals surface area contributed by atoms with E-state index in [4.69, 9.17) is 0 Å². The van der Waals surface area contributed by atoms with Gasteiger partial charge in [0.1, 0.15) is 5.82 Å². The predicted molar refractivity (Wildman–Crippen MR) is 73.6 cm³/mol. The van der Waals surface area contributed by atoms with Gasteiger partial charge in [0, 0.05) is 31.9 Å². The van der Waals surface area contributed by atoms with Crippen LogP contribution in [0.5, 0.6) is 0 Å². The maximum absolute atomic E-state index is 13.3. The van der Waals surface area contributed by atoms with Gasteiger partial charge in [0.2, 0.25) is 5.91 Å². The molecule has 0 aromatic carbocycles. The lowest BCUT2D eigenvalue weighted by Gasteiger charge is -2.24. The van der Waals surface area contributed by atoms with Crippen molar-refractivity contribution in [1.29, 1.82) is 0 Å². The van der Waals surface area contributed by atoms with E-state index in [2.05, 4.69) is 0 Å². The zero-order valence-corrected chi connectivity index (χ0v) is 11.6. The lowest BCUT2D eigenvalue weighted by Crippen LogP contribution is -2.35. The van der Waals surface area contributed by atoms with Gasteiger partial charge in [-0.2, -0.15) is 0 Å². The van der Waals surface area contributed by atoms with Gasteiger partial charge in [-0.1, -0.05) is 6.92 Å². The fourth-order valence-corrected chi connectivity index (χ4v) is 2.25. The third kappa shape index (κ3) is 2.78. The summed E-state index contributed by atoms with van der Waals surface area (Å²) in [6.07, 6.45) is 4.85. The van der Waals surface area contributed by atoms with Crippen molar-refractivity contribution in [2.75, 3.05) is 7.05 Å². The number of rotatable bonds is 4. The first-order valence-corrected chi connectivity index (χ1v) is 6.53. The van der Waals surface area contributed by atoms with Gasteiger partial charge in [0.25, 0.3) is 0 Å². The Labute approximate surface area is 112 Å². The van der Waals surface area contributed by atoms with Gasteiger partial charge in [-0.25, -0.2) is 4.39 Å². The summed E-state index contributed by atoms with van der Waals surface area (Å²) in [5.74, 6) is -0.111. The van der Waals surface area contributed by atoms with Crippen LogP contribution in [0.15, 0.2) is 30.6 Å². The van der Waals surface area contributed by atoms with Gasteiger partial charge in [-0.15, -0.1) is 0 Å². The number of halogens is 1. The molecule has 102 valence electrons. The maximum Gasteiger partial charge on any atom is 0.222 e. The Morgan fingerprint density at radius 2 is 2.11 bits per heavy atom. The van der Waals surface area contributed by atoms with Crippen molar-refractivity contribution in [3.05, 3.63) is 42.0 Å². The summed E-state index contributed by atoms with van der Waals surface area (Å²) in [7, 11) is 1.81. The normalized spacial score (nSPS) is 12.6. The van der Waals surface area contributed by atoms with Gasteiger partial charge in [-0.05, 0) is 37.1 Å². The third-order valence-corrected chi connectivity index (χ3v) is 3.58. The molecule has 1 amide bonds. The van der Waals surface area contributed by atoms with E-state index in [1.807, 2.05) is 37.6 Å². The summed E-state index contributed by atoms with van der Waals surface area (Å²) in [5, 5.41) is 0. The van der Waals surface area contributed by atoms with Gasteiger partial charge < -0.3 is 9.30 Å². The molecule has 0 aliphatic carbocycles. The first-order chi connectivity index (χ1) is 9.02. The number of hydrogen-bond donors (Lipinski definition) is 0. The highest BCUT2D eigenvalue weighted by molar-refractivity contribution is 5.75. The largest absolute Gasteiger partial charge is 0.343 e. The zero-order chi connectivity index (χ0) is 14.0. The Balaban J connectivity index is 2.21. The number of nitrogens with zero attached hydrogens (tertiary/aromatic N) is 2. The van der Waals surface area contributed by atoms with Gasteiger partial charge in [-0.3, -0.25) is 4.79 Å². The summed E-state index contributed by atoms with van der Waals surface area (Å²) in [5.41, 5.74) is 1.92. The molecule has 0 radical (unpaired) electrons. The summed E-state index contributed by atoms with van der Waals surface area (Å²) in [4.78, 5) is 13.4. The van der Waals surface area contributed by atoms with Crippen molar-refractivity contribution in [3.8, 4) is 0 Å². The standard InChI is InChI=1S/C15H19FN2O/c1-4-15(19)17(3)11(2)9-12-5-7-18-8-6-13(16)10-14(12)18/h5-8,10-11H,4,9H2,1-3H3. The lowest BCUT2D eigenvalue weighted by atomic mass is 10.1. The Hall–Kier alpha value is -1.84. The van der Waals surface area contributed by atoms with E-state index in [0.29, 0.717) is 6.42 Å². The van der Waals surface area contributed by atoms with Crippen molar-refractivity contribution < 1.29 is 9.18 Å². The first-order valence-electron chi connectivity index (χ1n) is 6.53. The number of amides is 1. The van der Waals surface area contributed by atoms with Crippen LogP contribution in [-0.4, -0.2) is 28.3 Å². The highest BCUT2D eigenvalue weighted by Crippen LogP contribution is 2.17. The zero-order valence-electron chi connectivity index (χ0n) is 11.6. The van der Waals surface area contributed by atoms with E-state index < -0.39 is 0 Å². The molecule has 0 N–H and O–H groups in total. The average Bonchev–Trinajstić information content (AvgIpc) is 2.79. The number of carbonyl (C=O) groups is 1. The molecule has 0 fully saturated rings. The van der Waals surface area contributed by atoms with Crippen molar-refractivity contribution in [2.24, 2.45) is 0 Å². The van der Waals surface area contributed by atoms with E-state index in [0.717, 1.165) is 17.5 Å². The summed E-state index contributed by atoms with van der Waals surface area (Å²) < 4.78 is 15.2. The van der Waals surface area contributed by atoms with Crippen LogP contribution in [0.2, 0.25) is 0 Å². The minimum atomic E-state index is -0.238. The minimum absolute atomic E-state index is 0.0990. The van der Waals surface area contributed by atoms with Crippen molar-refractivity contribution >= 4 is 11.4 Å². The molecular weight excluding hydrogens is 243 g/mol. The second-order valence-corrected chi connectivity index (χ2v) is 4.89. The van der Waals surface area contributed by atoms with E-state index in [1.54, 1.807) is 11.1 Å². The van der Waals surface area contributed by atoms with Gasteiger partial charge in [0.05, 0.1) is 5.52 Å². The van der Waals surface area contributed by atoms with Crippen molar-refractivity contribution in [2.45, 2.75) is 32.7 Å². The second kappa shape index (κ2) is 5.43. The molecule has 0 aliphatic rings. The minimum Gasteiger partial charge on any atom is -0.343 e. The molecule has 4 heteroatoms. The molecule has 0 bridgehead atoms. The van der Waals surface area contributed by atoms with Crippen molar-refractivity contribution in [1.82, 2.24) is 9.30 Å². The fraction of sp³-hybridized carbons (Fsp3) is 0.400. The van der Waals surface area contributed by atoms with Crippen LogP contribution in [0.4, 0.5) is 4.39 Å². The number of hydrogen-bond acceptors (Lipinski definition) is 1. The number of fused-ring (bicyclic) bond motifs is 1.